The highest BCUT2D eigenvalue weighted by Gasteiger charge is 2.35. The quantitative estimate of drug-likeness (QED) is 0.819. The molecule has 1 atom stereocenters. The van der Waals surface area contributed by atoms with Crippen LogP contribution in [0.5, 0.6) is 17.2 Å². The van der Waals surface area contributed by atoms with Gasteiger partial charge in [-0.05, 0) is 48.1 Å². The summed E-state index contributed by atoms with van der Waals surface area (Å²) in [7, 11) is 4.72. The van der Waals surface area contributed by atoms with Crippen LogP contribution in [0.25, 0.3) is 5.76 Å². The Hall–Kier alpha value is -3.59. The fraction of sp³-hybridized carbons (Fsp3) is 0.292. The van der Waals surface area contributed by atoms with Gasteiger partial charge in [0.1, 0.15) is 17.4 Å². The van der Waals surface area contributed by atoms with Gasteiger partial charge in [0.2, 0.25) is 11.6 Å². The summed E-state index contributed by atoms with van der Waals surface area (Å²) < 4.78 is 22.6. The Labute approximate surface area is 176 Å². The molecule has 0 amide bonds. The second kappa shape index (κ2) is 8.03. The van der Waals surface area contributed by atoms with Crippen molar-refractivity contribution in [3.05, 3.63) is 70.1 Å². The van der Waals surface area contributed by atoms with E-state index in [4.69, 9.17) is 24.7 Å². The molecule has 2 aliphatic rings. The third-order valence-electron chi connectivity index (χ3n) is 5.70. The topological polar surface area (TPSA) is 86.7 Å². The van der Waals surface area contributed by atoms with Crippen LogP contribution in [0.2, 0.25) is 0 Å². The number of nitrogens with two attached hydrogens (primary N) is 1. The zero-order valence-electron chi connectivity index (χ0n) is 17.3. The van der Waals surface area contributed by atoms with E-state index in [0.717, 1.165) is 41.7 Å². The summed E-state index contributed by atoms with van der Waals surface area (Å²) in [4.78, 5) is 0. The first-order chi connectivity index (χ1) is 14.6. The highest BCUT2D eigenvalue weighted by Crippen LogP contribution is 2.49. The van der Waals surface area contributed by atoms with Crippen molar-refractivity contribution in [1.82, 2.24) is 0 Å². The lowest BCUT2D eigenvalue weighted by molar-refractivity contribution is 0.323. The number of aryl methyl sites for hydroxylation is 1. The minimum Gasteiger partial charge on any atom is -0.493 e. The van der Waals surface area contributed by atoms with Gasteiger partial charge in [-0.25, -0.2) is 0 Å². The monoisotopic (exact) mass is 404 g/mol. The Balaban J connectivity index is 1.96. The summed E-state index contributed by atoms with van der Waals surface area (Å²) >= 11 is 0. The second-order valence-corrected chi connectivity index (χ2v) is 7.25. The first-order valence-electron chi connectivity index (χ1n) is 9.81. The molecule has 1 heterocycles. The minimum atomic E-state index is -0.349. The van der Waals surface area contributed by atoms with Crippen molar-refractivity contribution in [3.63, 3.8) is 0 Å². The molecule has 6 heteroatoms. The zero-order valence-corrected chi connectivity index (χ0v) is 17.3. The predicted molar refractivity (Wildman–Crippen MR) is 113 cm³/mol. The summed E-state index contributed by atoms with van der Waals surface area (Å²) in [5, 5.41) is 9.93. The average molecular weight is 404 g/mol. The maximum Gasteiger partial charge on any atom is 0.205 e. The van der Waals surface area contributed by atoms with Gasteiger partial charge in [0.15, 0.2) is 11.5 Å². The van der Waals surface area contributed by atoms with Crippen molar-refractivity contribution >= 4 is 5.76 Å². The standard InChI is InChI=1S/C24H24N2O4/c1-27-19-11-15(12-20(28-2)23(19)29-3)21-17-10-6-8-14-7-4-5-9-16(14)22(17)30-24(26)18(21)13-25/h4-5,7,9,11-12,21H,6,8,10,26H2,1-3H3. The van der Waals surface area contributed by atoms with E-state index in [1.807, 2.05) is 30.3 Å². The van der Waals surface area contributed by atoms with E-state index < -0.39 is 0 Å². The highest BCUT2D eigenvalue weighted by molar-refractivity contribution is 5.73. The van der Waals surface area contributed by atoms with Crippen molar-refractivity contribution in [2.45, 2.75) is 25.2 Å². The summed E-state index contributed by atoms with van der Waals surface area (Å²) in [6.45, 7) is 0. The number of hydrogen-bond acceptors (Lipinski definition) is 6. The Morgan fingerprint density at radius 1 is 1.03 bits per heavy atom. The van der Waals surface area contributed by atoms with Gasteiger partial charge in [-0.2, -0.15) is 5.26 Å². The summed E-state index contributed by atoms with van der Waals surface area (Å²) in [6, 6.07) is 14.2. The van der Waals surface area contributed by atoms with Crippen LogP contribution in [0.1, 0.15) is 35.4 Å². The van der Waals surface area contributed by atoms with Crippen molar-refractivity contribution in [2.75, 3.05) is 21.3 Å². The van der Waals surface area contributed by atoms with E-state index in [2.05, 4.69) is 12.1 Å². The normalized spacial score (nSPS) is 17.9. The Morgan fingerprint density at radius 2 is 1.73 bits per heavy atom. The highest BCUT2D eigenvalue weighted by atomic mass is 16.5. The van der Waals surface area contributed by atoms with Gasteiger partial charge in [-0.3, -0.25) is 0 Å². The van der Waals surface area contributed by atoms with E-state index in [1.54, 1.807) is 21.3 Å². The van der Waals surface area contributed by atoms with Crippen molar-refractivity contribution < 1.29 is 18.9 Å². The van der Waals surface area contributed by atoms with Gasteiger partial charge in [-0.15, -0.1) is 0 Å². The fourth-order valence-electron chi connectivity index (χ4n) is 4.35. The molecule has 2 N–H and O–H groups in total. The number of nitriles is 1. The van der Waals surface area contributed by atoms with Crippen LogP contribution in [-0.2, 0) is 11.2 Å². The van der Waals surface area contributed by atoms with E-state index in [9.17, 15) is 5.26 Å². The maximum atomic E-state index is 9.93. The third kappa shape index (κ3) is 3.13. The molecule has 0 saturated heterocycles. The molecule has 0 spiro atoms. The van der Waals surface area contributed by atoms with Gasteiger partial charge in [0, 0.05) is 11.5 Å². The molecule has 154 valence electrons. The molecule has 30 heavy (non-hydrogen) atoms. The molecule has 0 fully saturated rings. The van der Waals surface area contributed by atoms with Gasteiger partial charge in [0.05, 0.1) is 21.3 Å². The Kier molecular flexibility index (Phi) is 5.28. The molecule has 1 unspecified atom stereocenters. The van der Waals surface area contributed by atoms with Gasteiger partial charge < -0.3 is 24.7 Å². The molecule has 0 aromatic heterocycles. The first-order valence-corrected chi connectivity index (χ1v) is 9.81. The maximum absolute atomic E-state index is 9.93. The molecule has 0 radical (unpaired) electrons. The molecular weight excluding hydrogens is 380 g/mol. The average Bonchev–Trinajstić information content (AvgIpc) is 2.96. The molecule has 4 rings (SSSR count). The van der Waals surface area contributed by atoms with Crippen LogP contribution in [0, 0.1) is 11.3 Å². The second-order valence-electron chi connectivity index (χ2n) is 7.25. The smallest absolute Gasteiger partial charge is 0.205 e. The minimum absolute atomic E-state index is 0.131. The van der Waals surface area contributed by atoms with Gasteiger partial charge in [-0.1, -0.05) is 24.3 Å². The van der Waals surface area contributed by atoms with Crippen molar-refractivity contribution in [3.8, 4) is 23.3 Å². The zero-order chi connectivity index (χ0) is 21.3. The number of fused-ring (bicyclic) bond motifs is 2. The van der Waals surface area contributed by atoms with Crippen molar-refractivity contribution in [1.29, 1.82) is 5.26 Å². The lowest BCUT2D eigenvalue weighted by atomic mass is 9.80. The lowest BCUT2D eigenvalue weighted by Crippen LogP contribution is -2.20. The molecule has 1 aliphatic carbocycles. The third-order valence-corrected chi connectivity index (χ3v) is 5.70. The Bertz CT molecular complexity index is 1070. The summed E-state index contributed by atoms with van der Waals surface area (Å²) in [6.07, 6.45) is 2.69. The number of ether oxygens (including phenoxy) is 4. The largest absolute Gasteiger partial charge is 0.493 e. The van der Waals surface area contributed by atoms with Gasteiger partial charge >= 0.3 is 0 Å². The first kappa shape index (κ1) is 19.7. The summed E-state index contributed by atoms with van der Waals surface area (Å²) in [5.41, 5.74) is 10.8. The number of methoxy groups -OCH3 is 3. The van der Waals surface area contributed by atoms with Crippen LogP contribution in [0.4, 0.5) is 0 Å². The van der Waals surface area contributed by atoms with Crippen LogP contribution < -0.4 is 19.9 Å². The Morgan fingerprint density at radius 3 is 2.37 bits per heavy atom. The van der Waals surface area contributed by atoms with Crippen LogP contribution in [0.3, 0.4) is 0 Å². The molecule has 0 saturated carbocycles. The van der Waals surface area contributed by atoms with Gasteiger partial charge in [0.25, 0.3) is 0 Å². The van der Waals surface area contributed by atoms with E-state index >= 15 is 0 Å². The molecule has 2 aromatic carbocycles. The SMILES string of the molecule is COc1cc(C2C(C#N)=C(N)OC3=C2CCCc2ccccc23)cc(OC)c1OC. The number of hydrogen-bond donors (Lipinski definition) is 1. The number of benzene rings is 2. The van der Waals surface area contributed by atoms with Crippen LogP contribution in [-0.4, -0.2) is 21.3 Å². The molecule has 6 nitrogen and oxygen atoms in total. The number of allylic oxidation sites excluding steroid dienone is 2. The number of rotatable bonds is 4. The van der Waals surface area contributed by atoms with Crippen molar-refractivity contribution in [2.24, 2.45) is 5.73 Å². The lowest BCUT2D eigenvalue weighted by Gasteiger charge is -2.29. The molecule has 1 aliphatic heterocycles. The van der Waals surface area contributed by atoms with E-state index in [0.29, 0.717) is 22.8 Å². The van der Waals surface area contributed by atoms with Crippen LogP contribution in [0.15, 0.2) is 53.4 Å². The fourth-order valence-corrected chi connectivity index (χ4v) is 4.35. The predicted octanol–water partition coefficient (Wildman–Crippen LogP) is 4.27. The molecule has 0 bridgehead atoms. The number of nitrogens with zero attached hydrogens (tertiary/aromatic N) is 1. The molecule has 2 aromatic rings. The summed E-state index contributed by atoms with van der Waals surface area (Å²) in [5.74, 6) is 2.10. The van der Waals surface area contributed by atoms with E-state index in [1.165, 1.54) is 5.56 Å². The molecular formula is C24H24N2O4. The van der Waals surface area contributed by atoms with Crippen LogP contribution >= 0.6 is 0 Å². The van der Waals surface area contributed by atoms with E-state index in [-0.39, 0.29) is 11.8 Å².